The molecule has 0 atom stereocenters. The molecule has 3 amide bonds. The molecule has 6 nitrogen and oxygen atoms in total. The number of hydrogen-bond acceptors (Lipinski definition) is 3. The van der Waals surface area contributed by atoms with E-state index in [4.69, 9.17) is 4.74 Å². The van der Waals surface area contributed by atoms with E-state index in [1.807, 2.05) is 12.1 Å². The van der Waals surface area contributed by atoms with Gasteiger partial charge in [-0.3, -0.25) is 4.79 Å². The summed E-state index contributed by atoms with van der Waals surface area (Å²) in [4.78, 5) is 27.0. The minimum atomic E-state index is -0.224. The van der Waals surface area contributed by atoms with Crippen LogP contribution in [-0.2, 0) is 4.74 Å². The van der Waals surface area contributed by atoms with Crippen molar-refractivity contribution in [3.8, 4) is 0 Å². The maximum absolute atomic E-state index is 12.8. The first-order valence-corrected chi connectivity index (χ1v) is 9.77. The lowest BCUT2D eigenvalue weighted by atomic mass is 9.97. The minimum Gasteiger partial charge on any atom is -0.378 e. The number of rotatable bonds is 3. The molecule has 2 fully saturated rings. The molecule has 0 unspecified atom stereocenters. The van der Waals surface area contributed by atoms with E-state index in [0.717, 1.165) is 25.7 Å². The zero-order valence-electron chi connectivity index (χ0n) is 15.3. The first kappa shape index (κ1) is 18.7. The van der Waals surface area contributed by atoms with Crippen molar-refractivity contribution in [3.63, 3.8) is 0 Å². The molecule has 3 rings (SSSR count). The lowest BCUT2D eigenvalue weighted by Gasteiger charge is -2.27. The zero-order chi connectivity index (χ0) is 18.2. The average molecular weight is 359 g/mol. The highest BCUT2D eigenvalue weighted by Crippen LogP contribution is 2.20. The van der Waals surface area contributed by atoms with E-state index in [9.17, 15) is 9.59 Å². The first-order chi connectivity index (χ1) is 12.7. The Morgan fingerprint density at radius 3 is 2.35 bits per heavy atom. The van der Waals surface area contributed by atoms with Crippen molar-refractivity contribution in [2.75, 3.05) is 31.6 Å². The van der Waals surface area contributed by atoms with Crippen molar-refractivity contribution < 1.29 is 14.3 Å². The number of anilines is 1. The van der Waals surface area contributed by atoms with Crippen molar-refractivity contribution in [3.05, 3.63) is 29.8 Å². The van der Waals surface area contributed by atoms with Gasteiger partial charge in [0.15, 0.2) is 0 Å². The molecule has 1 saturated heterocycles. The van der Waals surface area contributed by atoms with E-state index in [1.54, 1.807) is 17.0 Å². The normalized spacial score (nSPS) is 19.3. The van der Waals surface area contributed by atoms with Crippen LogP contribution in [0.5, 0.6) is 0 Å². The van der Waals surface area contributed by atoms with Gasteiger partial charge in [0.1, 0.15) is 0 Å². The molecule has 0 aromatic heterocycles. The fraction of sp³-hybridized carbons (Fsp3) is 0.600. The Balaban J connectivity index is 1.61. The van der Waals surface area contributed by atoms with E-state index in [1.165, 1.54) is 19.3 Å². The second-order valence-electron chi connectivity index (χ2n) is 7.09. The fourth-order valence-corrected chi connectivity index (χ4v) is 3.66. The predicted octanol–water partition coefficient (Wildman–Crippen LogP) is 3.39. The number of urea groups is 1. The van der Waals surface area contributed by atoms with Crippen LogP contribution >= 0.6 is 0 Å². The van der Waals surface area contributed by atoms with Crippen molar-refractivity contribution in [1.82, 2.24) is 10.2 Å². The second kappa shape index (κ2) is 9.57. The number of ether oxygens (including phenoxy) is 1. The van der Waals surface area contributed by atoms with Crippen LogP contribution in [0.25, 0.3) is 0 Å². The van der Waals surface area contributed by atoms with Gasteiger partial charge in [-0.2, -0.15) is 0 Å². The van der Waals surface area contributed by atoms with Crippen LogP contribution in [0.2, 0.25) is 0 Å². The molecule has 1 aromatic rings. The Morgan fingerprint density at radius 2 is 1.62 bits per heavy atom. The van der Waals surface area contributed by atoms with E-state index in [2.05, 4.69) is 10.6 Å². The topological polar surface area (TPSA) is 70.7 Å². The summed E-state index contributed by atoms with van der Waals surface area (Å²) in [5, 5.41) is 5.97. The molecule has 2 aliphatic rings. The van der Waals surface area contributed by atoms with Crippen LogP contribution in [0, 0.1) is 0 Å². The Hall–Kier alpha value is -2.08. The molecule has 0 radical (unpaired) electrons. The molecule has 1 aromatic carbocycles. The molecule has 142 valence electrons. The largest absolute Gasteiger partial charge is 0.378 e. The van der Waals surface area contributed by atoms with Crippen LogP contribution in [-0.4, -0.2) is 49.2 Å². The van der Waals surface area contributed by atoms with Crippen LogP contribution in [0.15, 0.2) is 24.3 Å². The number of amides is 3. The van der Waals surface area contributed by atoms with Gasteiger partial charge in [-0.15, -0.1) is 0 Å². The predicted molar refractivity (Wildman–Crippen MR) is 101 cm³/mol. The molecular weight excluding hydrogens is 330 g/mol. The van der Waals surface area contributed by atoms with Crippen LogP contribution in [0.4, 0.5) is 10.5 Å². The third kappa shape index (κ3) is 5.21. The average Bonchev–Trinajstić information content (AvgIpc) is 2.64. The van der Waals surface area contributed by atoms with Crippen LogP contribution in [0.3, 0.4) is 0 Å². The highest BCUT2D eigenvalue weighted by molar-refractivity contribution is 6.03. The van der Waals surface area contributed by atoms with E-state index >= 15 is 0 Å². The summed E-state index contributed by atoms with van der Waals surface area (Å²) in [7, 11) is 0. The molecule has 0 bridgehead atoms. The number of morpholine rings is 1. The molecule has 1 aliphatic heterocycles. The first-order valence-electron chi connectivity index (χ1n) is 9.77. The minimum absolute atomic E-state index is 0.0600. The summed E-state index contributed by atoms with van der Waals surface area (Å²) in [5.41, 5.74) is 1.09. The number of hydrogen-bond donors (Lipinski definition) is 2. The van der Waals surface area contributed by atoms with Crippen molar-refractivity contribution in [2.45, 2.75) is 51.0 Å². The number of nitrogens with zero attached hydrogens (tertiary/aromatic N) is 1. The number of para-hydroxylation sites is 1. The van der Waals surface area contributed by atoms with Crippen LogP contribution in [0.1, 0.15) is 55.3 Å². The van der Waals surface area contributed by atoms with Gasteiger partial charge in [0.2, 0.25) is 0 Å². The molecule has 1 aliphatic carbocycles. The Labute approximate surface area is 155 Å². The maximum Gasteiger partial charge on any atom is 0.319 e. The van der Waals surface area contributed by atoms with Crippen molar-refractivity contribution in [2.24, 2.45) is 0 Å². The van der Waals surface area contributed by atoms with Crippen molar-refractivity contribution >= 4 is 17.6 Å². The Bertz CT molecular complexity index is 606. The monoisotopic (exact) mass is 359 g/mol. The Morgan fingerprint density at radius 1 is 0.962 bits per heavy atom. The number of carbonyl (C=O) groups is 2. The van der Waals surface area contributed by atoms with Gasteiger partial charge in [0, 0.05) is 19.1 Å². The molecule has 26 heavy (non-hydrogen) atoms. The molecular formula is C20H29N3O3. The standard InChI is InChI=1S/C20H29N3O3/c24-19(23-12-14-26-15-13-23)17-10-6-7-11-18(17)22-20(25)21-16-8-4-2-1-3-5-9-16/h6-7,10-11,16H,1-5,8-9,12-15H2,(H2,21,22,25). The zero-order valence-corrected chi connectivity index (χ0v) is 15.3. The molecule has 1 heterocycles. The lowest BCUT2D eigenvalue weighted by molar-refractivity contribution is 0.0303. The summed E-state index contributed by atoms with van der Waals surface area (Å²) < 4.78 is 5.31. The summed E-state index contributed by atoms with van der Waals surface area (Å²) >= 11 is 0. The number of nitrogens with one attached hydrogen (secondary N) is 2. The van der Waals surface area contributed by atoms with Gasteiger partial charge >= 0.3 is 6.03 Å². The lowest BCUT2D eigenvalue weighted by Crippen LogP contribution is -2.41. The van der Waals surface area contributed by atoms with Gasteiger partial charge in [0.25, 0.3) is 5.91 Å². The molecule has 0 spiro atoms. The van der Waals surface area contributed by atoms with Gasteiger partial charge in [-0.25, -0.2) is 4.79 Å². The number of benzene rings is 1. The van der Waals surface area contributed by atoms with Crippen molar-refractivity contribution in [1.29, 1.82) is 0 Å². The third-order valence-electron chi connectivity index (χ3n) is 5.14. The SMILES string of the molecule is O=C(Nc1ccccc1C(=O)N1CCOCC1)NC1CCCCCCC1. The molecule has 1 saturated carbocycles. The van der Waals surface area contributed by atoms with Gasteiger partial charge in [-0.05, 0) is 25.0 Å². The second-order valence-corrected chi connectivity index (χ2v) is 7.09. The number of carbonyl (C=O) groups excluding carboxylic acids is 2. The fourth-order valence-electron chi connectivity index (χ4n) is 3.66. The molecule has 6 heteroatoms. The van der Waals surface area contributed by atoms with Gasteiger partial charge in [-0.1, -0.05) is 44.2 Å². The summed E-state index contributed by atoms with van der Waals surface area (Å²) in [6.07, 6.45) is 8.18. The highest BCUT2D eigenvalue weighted by Gasteiger charge is 2.22. The summed E-state index contributed by atoms with van der Waals surface area (Å²) in [6, 6.07) is 7.21. The third-order valence-corrected chi connectivity index (χ3v) is 5.14. The van der Waals surface area contributed by atoms with Gasteiger partial charge in [0.05, 0.1) is 24.5 Å². The van der Waals surface area contributed by atoms with Crippen LogP contribution < -0.4 is 10.6 Å². The van der Waals surface area contributed by atoms with E-state index < -0.39 is 0 Å². The van der Waals surface area contributed by atoms with Gasteiger partial charge < -0.3 is 20.3 Å². The Kier molecular flexibility index (Phi) is 6.89. The summed E-state index contributed by atoms with van der Waals surface area (Å²) in [5.74, 6) is -0.0600. The highest BCUT2D eigenvalue weighted by atomic mass is 16.5. The summed E-state index contributed by atoms with van der Waals surface area (Å²) in [6.45, 7) is 2.29. The molecule has 2 N–H and O–H groups in total. The smallest absolute Gasteiger partial charge is 0.319 e. The quantitative estimate of drug-likeness (QED) is 0.869. The maximum atomic E-state index is 12.8. The van der Waals surface area contributed by atoms with E-state index in [0.29, 0.717) is 37.6 Å². The van der Waals surface area contributed by atoms with E-state index in [-0.39, 0.29) is 18.0 Å².